The van der Waals surface area contributed by atoms with E-state index in [9.17, 15) is 38.4 Å². The topological polar surface area (TPSA) is 186 Å². The molecule has 16 heteroatoms. The quantitative estimate of drug-likeness (QED) is 0.0921. The highest BCUT2D eigenvalue weighted by atomic mass is 16.5. The maximum atomic E-state index is 11.9. The van der Waals surface area contributed by atoms with Gasteiger partial charge in [0.25, 0.3) is 47.3 Å². The van der Waals surface area contributed by atoms with Crippen LogP contribution in [0.5, 0.6) is 0 Å². The maximum absolute atomic E-state index is 11.9. The molecule has 0 aromatic heterocycles. The number of hydrogen-bond donors (Lipinski definition) is 0. The van der Waals surface area contributed by atoms with E-state index in [1.807, 2.05) is 0 Å². The summed E-state index contributed by atoms with van der Waals surface area (Å²) in [5.41, 5.74) is -0.886. The number of rotatable bonds is 24. The molecule has 4 rings (SSSR count). The first-order chi connectivity index (χ1) is 23.6. The number of carbonyl (C=O) groups excluding carboxylic acids is 8. The molecule has 0 N–H and O–H groups in total. The van der Waals surface area contributed by atoms with Gasteiger partial charge < -0.3 is 18.9 Å². The van der Waals surface area contributed by atoms with Gasteiger partial charge in [-0.05, 0) is 25.7 Å². The lowest BCUT2D eigenvalue weighted by Gasteiger charge is -2.33. The van der Waals surface area contributed by atoms with E-state index >= 15 is 0 Å². The molecule has 264 valence electrons. The van der Waals surface area contributed by atoms with Crippen molar-refractivity contribution in [2.75, 3.05) is 79.0 Å². The van der Waals surface area contributed by atoms with E-state index in [0.717, 1.165) is 19.6 Å². The Hall–Kier alpha value is -4.64. The van der Waals surface area contributed by atoms with Crippen LogP contribution < -0.4 is 0 Å². The van der Waals surface area contributed by atoms with Crippen molar-refractivity contribution in [2.45, 2.75) is 25.7 Å². The average molecular weight is 685 g/mol. The molecule has 0 aromatic rings. The van der Waals surface area contributed by atoms with Crippen molar-refractivity contribution >= 4 is 47.3 Å². The molecular weight excluding hydrogens is 644 g/mol. The molecule has 0 saturated carbocycles. The van der Waals surface area contributed by atoms with E-state index in [2.05, 4.69) is 0 Å². The number of hydrogen-bond acceptors (Lipinski definition) is 12. The van der Waals surface area contributed by atoms with Gasteiger partial charge in [0.15, 0.2) is 0 Å². The van der Waals surface area contributed by atoms with Crippen molar-refractivity contribution in [3.63, 3.8) is 0 Å². The molecule has 0 spiro atoms. The smallest absolute Gasteiger partial charge is 0.253 e. The summed E-state index contributed by atoms with van der Waals surface area (Å²) in [6.45, 7) is 1.83. The van der Waals surface area contributed by atoms with E-state index in [1.54, 1.807) is 0 Å². The minimum atomic E-state index is -0.886. The average Bonchev–Trinajstić information content (AvgIpc) is 3.79. The molecule has 0 saturated heterocycles. The van der Waals surface area contributed by atoms with Crippen molar-refractivity contribution in [3.8, 4) is 0 Å². The Bertz CT molecular complexity index is 1150. The third-order valence-electron chi connectivity index (χ3n) is 7.92. The van der Waals surface area contributed by atoms with E-state index in [-0.39, 0.29) is 126 Å². The van der Waals surface area contributed by atoms with Crippen LogP contribution >= 0.6 is 0 Å². The fourth-order valence-corrected chi connectivity index (χ4v) is 5.31. The zero-order valence-corrected chi connectivity index (χ0v) is 27.1. The van der Waals surface area contributed by atoms with Crippen molar-refractivity contribution in [1.82, 2.24) is 19.6 Å². The van der Waals surface area contributed by atoms with Gasteiger partial charge in [0.05, 0.1) is 31.8 Å². The van der Waals surface area contributed by atoms with Crippen LogP contribution in [0, 0.1) is 5.41 Å². The van der Waals surface area contributed by atoms with Gasteiger partial charge in [0.2, 0.25) is 0 Å². The Kier molecular flexibility index (Phi) is 13.8. The lowest BCUT2D eigenvalue weighted by atomic mass is 9.92. The Morgan fingerprint density at radius 2 is 0.531 bits per heavy atom. The van der Waals surface area contributed by atoms with Crippen LogP contribution in [0.4, 0.5) is 0 Å². The SMILES string of the molecule is O=C1C=CC(=O)N1CCCOCC(COCCCN1C(=O)C=CC1=O)(COCCCN1C(=O)C=CC1=O)COCCCN1C(=O)C=CC1=O. The number of ether oxygens (including phenoxy) is 4. The highest BCUT2D eigenvalue weighted by Crippen LogP contribution is 2.22. The molecule has 16 nitrogen and oxygen atoms in total. The zero-order valence-electron chi connectivity index (χ0n) is 27.1. The molecule has 0 bridgehead atoms. The van der Waals surface area contributed by atoms with Crippen LogP contribution in [0.25, 0.3) is 0 Å². The van der Waals surface area contributed by atoms with Gasteiger partial charge >= 0.3 is 0 Å². The second-order valence-corrected chi connectivity index (χ2v) is 11.8. The van der Waals surface area contributed by atoms with E-state index in [4.69, 9.17) is 18.9 Å². The number of imide groups is 4. The lowest BCUT2D eigenvalue weighted by molar-refractivity contribution is -0.138. The van der Waals surface area contributed by atoms with Gasteiger partial charge in [-0.25, -0.2) is 0 Å². The van der Waals surface area contributed by atoms with Crippen molar-refractivity contribution < 1.29 is 57.3 Å². The molecule has 0 radical (unpaired) electrons. The highest BCUT2D eigenvalue weighted by molar-refractivity contribution is 6.14. The van der Waals surface area contributed by atoms with E-state index in [1.165, 1.54) is 48.6 Å². The van der Waals surface area contributed by atoms with E-state index in [0.29, 0.717) is 25.7 Å². The van der Waals surface area contributed by atoms with Gasteiger partial charge in [-0.2, -0.15) is 0 Å². The Labute approximate surface area is 282 Å². The van der Waals surface area contributed by atoms with Crippen LogP contribution in [-0.4, -0.2) is 146 Å². The molecule has 0 unspecified atom stereocenters. The summed E-state index contributed by atoms with van der Waals surface area (Å²) in [5, 5.41) is 0. The van der Waals surface area contributed by atoms with Crippen LogP contribution in [-0.2, 0) is 57.3 Å². The standard InChI is InChI=1S/C33H40N4O12/c38-25-5-6-26(39)34(25)13-1-17-46-21-33(22-47-18-2-14-35-27(40)7-8-28(35)41,23-48-19-3-15-36-29(42)9-10-30(36)43)24-49-20-4-16-37-31(44)11-12-32(37)45/h5-12H,1-4,13-24H2. The first-order valence-corrected chi connectivity index (χ1v) is 16.1. The molecular formula is C33H40N4O12. The molecule has 0 aromatic carbocycles. The number of carbonyl (C=O) groups is 8. The molecule has 4 aliphatic rings. The Morgan fingerprint density at radius 1 is 0.347 bits per heavy atom. The van der Waals surface area contributed by atoms with Crippen molar-refractivity contribution in [2.24, 2.45) is 5.41 Å². The van der Waals surface area contributed by atoms with Gasteiger partial charge in [-0.15, -0.1) is 0 Å². The molecule has 0 fully saturated rings. The fraction of sp³-hybridized carbons (Fsp3) is 0.515. The fourth-order valence-electron chi connectivity index (χ4n) is 5.31. The monoisotopic (exact) mass is 684 g/mol. The Balaban J connectivity index is 1.32. The molecule has 8 amide bonds. The summed E-state index contributed by atoms with van der Waals surface area (Å²) in [6.07, 6.45) is 11.2. The third-order valence-corrected chi connectivity index (χ3v) is 7.92. The molecule has 0 aliphatic carbocycles. The third kappa shape index (κ3) is 10.7. The minimum absolute atomic E-state index is 0.0835. The second kappa shape index (κ2) is 18.2. The zero-order chi connectivity index (χ0) is 35.2. The van der Waals surface area contributed by atoms with Gasteiger partial charge in [-0.3, -0.25) is 58.0 Å². The lowest BCUT2D eigenvalue weighted by Crippen LogP contribution is -2.43. The Morgan fingerprint density at radius 3 is 0.714 bits per heavy atom. The van der Waals surface area contributed by atoms with Crippen molar-refractivity contribution in [1.29, 1.82) is 0 Å². The van der Waals surface area contributed by atoms with Crippen LogP contribution in [0.15, 0.2) is 48.6 Å². The van der Waals surface area contributed by atoms with Gasteiger partial charge in [0.1, 0.15) is 0 Å². The summed E-state index contributed by atoms with van der Waals surface area (Å²) < 4.78 is 24.0. The first kappa shape index (κ1) is 37.2. The van der Waals surface area contributed by atoms with Crippen molar-refractivity contribution in [3.05, 3.63) is 48.6 Å². The van der Waals surface area contributed by atoms with Crippen LogP contribution in [0.3, 0.4) is 0 Å². The molecule has 49 heavy (non-hydrogen) atoms. The largest absolute Gasteiger partial charge is 0.381 e. The van der Waals surface area contributed by atoms with Crippen LogP contribution in [0.2, 0.25) is 0 Å². The normalized spacial score (nSPS) is 17.6. The second-order valence-electron chi connectivity index (χ2n) is 11.8. The van der Waals surface area contributed by atoms with E-state index < -0.39 is 5.41 Å². The summed E-state index contributed by atoms with van der Waals surface area (Å²) >= 11 is 0. The van der Waals surface area contributed by atoms with Crippen LogP contribution in [0.1, 0.15) is 25.7 Å². The summed E-state index contributed by atoms with van der Waals surface area (Å²) in [4.78, 5) is 99.5. The number of amides is 8. The number of nitrogens with zero attached hydrogens (tertiary/aromatic N) is 4. The summed E-state index contributed by atoms with van der Waals surface area (Å²) in [7, 11) is 0. The summed E-state index contributed by atoms with van der Waals surface area (Å²) in [5.74, 6) is -3.08. The van der Waals surface area contributed by atoms with Gasteiger partial charge in [-0.1, -0.05) is 0 Å². The van der Waals surface area contributed by atoms with Gasteiger partial charge in [0, 0.05) is 101 Å². The molecule has 4 aliphatic heterocycles. The maximum Gasteiger partial charge on any atom is 0.253 e. The highest BCUT2D eigenvalue weighted by Gasteiger charge is 2.33. The molecule has 4 heterocycles. The summed E-state index contributed by atoms with van der Waals surface area (Å²) in [6, 6.07) is 0. The molecule has 0 atom stereocenters. The minimum Gasteiger partial charge on any atom is -0.381 e. The first-order valence-electron chi connectivity index (χ1n) is 16.1. The predicted molar refractivity (Wildman–Crippen MR) is 168 cm³/mol. The predicted octanol–water partition coefficient (Wildman–Crippen LogP) is -0.700.